The largest absolute Gasteiger partial charge is 0.480 e. The molecule has 0 saturated carbocycles. The van der Waals surface area contributed by atoms with E-state index in [1.807, 2.05) is 49.4 Å². The summed E-state index contributed by atoms with van der Waals surface area (Å²) in [4.78, 5) is 25.9. The van der Waals surface area contributed by atoms with Gasteiger partial charge in [0.1, 0.15) is 10.9 Å². The van der Waals surface area contributed by atoms with Gasteiger partial charge in [0.25, 0.3) is 10.0 Å². The Morgan fingerprint density at radius 1 is 1.05 bits per heavy atom. The minimum atomic E-state index is -4.73. The molecule has 0 spiro atoms. The second kappa shape index (κ2) is 11.9. The van der Waals surface area contributed by atoms with Crippen LogP contribution >= 0.6 is 23.2 Å². The summed E-state index contributed by atoms with van der Waals surface area (Å²) in [5.41, 5.74) is 3.44. The molecule has 0 aliphatic carbocycles. The molecule has 1 aliphatic heterocycles. The van der Waals surface area contributed by atoms with E-state index >= 15 is 0 Å². The van der Waals surface area contributed by atoms with Crippen molar-refractivity contribution < 1.29 is 23.1 Å². The number of hydrogen-bond acceptors (Lipinski definition) is 5. The SMILES string of the molecule is Cc1cc(CC(C(=O)O)N(C(=O)C2CCCNC2)S(=O)(=O)c2c(Cl)cccc2Cl)ccc1-c1ccccc1. The first-order valence-electron chi connectivity index (χ1n) is 12.2. The summed E-state index contributed by atoms with van der Waals surface area (Å²) in [6.07, 6.45) is 0.874. The number of nitrogens with one attached hydrogen (secondary N) is 1. The first-order valence-corrected chi connectivity index (χ1v) is 14.4. The molecule has 0 bridgehead atoms. The lowest BCUT2D eigenvalue weighted by Gasteiger charge is -2.33. The summed E-state index contributed by atoms with van der Waals surface area (Å²) in [5.74, 6) is -2.94. The lowest BCUT2D eigenvalue weighted by atomic mass is 9.95. The van der Waals surface area contributed by atoms with Gasteiger partial charge in [0.05, 0.1) is 16.0 Å². The Bertz CT molecular complexity index is 1420. The van der Waals surface area contributed by atoms with Gasteiger partial charge in [-0.1, -0.05) is 77.8 Å². The van der Waals surface area contributed by atoms with Crippen LogP contribution < -0.4 is 5.32 Å². The molecular weight excluding hydrogens is 547 g/mol. The number of piperidine rings is 1. The van der Waals surface area contributed by atoms with Gasteiger partial charge in [0, 0.05) is 13.0 Å². The molecule has 200 valence electrons. The van der Waals surface area contributed by atoms with Crippen LogP contribution in [0.25, 0.3) is 11.1 Å². The molecule has 1 amide bonds. The quantitative estimate of drug-likeness (QED) is 0.384. The Hall–Kier alpha value is -2.91. The van der Waals surface area contributed by atoms with E-state index in [1.54, 1.807) is 6.07 Å². The lowest BCUT2D eigenvalue weighted by Crippen LogP contribution is -2.53. The number of amides is 1. The number of rotatable bonds is 8. The van der Waals surface area contributed by atoms with Gasteiger partial charge >= 0.3 is 5.97 Å². The van der Waals surface area contributed by atoms with Gasteiger partial charge in [-0.3, -0.25) is 4.79 Å². The summed E-state index contributed by atoms with van der Waals surface area (Å²) in [6.45, 7) is 2.85. The summed E-state index contributed by atoms with van der Waals surface area (Å²) in [5, 5.41) is 13.0. The van der Waals surface area contributed by atoms with E-state index in [9.17, 15) is 23.1 Å². The predicted molar refractivity (Wildman–Crippen MR) is 148 cm³/mol. The highest BCUT2D eigenvalue weighted by Crippen LogP contribution is 2.34. The second-order valence-electron chi connectivity index (χ2n) is 9.31. The fraction of sp³-hybridized carbons (Fsp3) is 0.286. The number of nitrogens with zero attached hydrogens (tertiary/aromatic N) is 1. The highest BCUT2D eigenvalue weighted by Gasteiger charge is 2.44. The van der Waals surface area contributed by atoms with Gasteiger partial charge in [-0.05, 0) is 60.7 Å². The molecule has 2 atom stereocenters. The Kier molecular flexibility index (Phi) is 8.78. The third-order valence-corrected chi connectivity index (χ3v) is 9.43. The van der Waals surface area contributed by atoms with E-state index in [0.717, 1.165) is 16.7 Å². The molecule has 1 saturated heterocycles. The number of aryl methyl sites for hydroxylation is 1. The van der Waals surface area contributed by atoms with Crippen molar-refractivity contribution in [2.45, 2.75) is 37.1 Å². The van der Waals surface area contributed by atoms with Crippen LogP contribution in [0, 0.1) is 12.8 Å². The molecule has 3 aromatic rings. The number of carboxylic acids is 1. The molecule has 1 aliphatic rings. The Balaban J connectivity index is 1.77. The minimum Gasteiger partial charge on any atom is -0.480 e. The molecule has 1 heterocycles. The molecule has 7 nitrogen and oxygen atoms in total. The maximum Gasteiger partial charge on any atom is 0.328 e. The average molecular weight is 576 g/mol. The lowest BCUT2D eigenvalue weighted by molar-refractivity contribution is -0.147. The van der Waals surface area contributed by atoms with Gasteiger partial charge in [0.2, 0.25) is 5.91 Å². The number of carbonyl (C=O) groups excluding carboxylic acids is 1. The molecule has 2 N–H and O–H groups in total. The summed E-state index contributed by atoms with van der Waals surface area (Å²) < 4.78 is 28.4. The Morgan fingerprint density at radius 2 is 1.74 bits per heavy atom. The van der Waals surface area contributed by atoms with E-state index in [4.69, 9.17) is 23.2 Å². The van der Waals surface area contributed by atoms with Crippen molar-refractivity contribution in [3.05, 3.63) is 87.9 Å². The van der Waals surface area contributed by atoms with Crippen LogP contribution in [0.2, 0.25) is 10.0 Å². The summed E-state index contributed by atoms with van der Waals surface area (Å²) in [7, 11) is -4.73. The highest BCUT2D eigenvalue weighted by atomic mass is 35.5. The standard InChI is InChI=1S/C28H28Cl2N2O5S/c1-18-15-19(12-13-22(18)20-7-3-2-4-8-20)16-25(28(34)35)32(27(33)21-9-6-14-31-17-21)38(36,37)26-23(29)10-5-11-24(26)30/h2-5,7-8,10-13,15,21,25,31H,6,9,14,16-17H2,1H3,(H,34,35). The summed E-state index contributed by atoms with van der Waals surface area (Å²) >= 11 is 12.5. The van der Waals surface area contributed by atoms with Crippen molar-refractivity contribution in [1.29, 1.82) is 0 Å². The predicted octanol–water partition coefficient (Wildman–Crippen LogP) is 5.18. The van der Waals surface area contributed by atoms with Crippen LogP contribution in [-0.2, 0) is 26.0 Å². The minimum absolute atomic E-state index is 0.190. The maximum atomic E-state index is 14.0. The van der Waals surface area contributed by atoms with E-state index in [2.05, 4.69) is 5.32 Å². The zero-order valence-corrected chi connectivity index (χ0v) is 23.1. The zero-order valence-electron chi connectivity index (χ0n) is 20.7. The molecule has 1 fully saturated rings. The topological polar surface area (TPSA) is 104 Å². The van der Waals surface area contributed by atoms with Gasteiger partial charge in [-0.25, -0.2) is 17.5 Å². The number of carboxylic acid groups (broad SMARTS) is 1. The van der Waals surface area contributed by atoms with Crippen LogP contribution in [0.3, 0.4) is 0 Å². The molecule has 3 aromatic carbocycles. The highest BCUT2D eigenvalue weighted by molar-refractivity contribution is 7.90. The van der Waals surface area contributed by atoms with E-state index < -0.39 is 38.8 Å². The van der Waals surface area contributed by atoms with Gasteiger partial charge < -0.3 is 10.4 Å². The average Bonchev–Trinajstić information content (AvgIpc) is 2.89. The summed E-state index contributed by atoms with van der Waals surface area (Å²) in [6, 6.07) is 17.6. The Morgan fingerprint density at radius 3 is 2.32 bits per heavy atom. The van der Waals surface area contributed by atoms with Crippen LogP contribution in [0.15, 0.2) is 71.6 Å². The number of hydrogen-bond donors (Lipinski definition) is 2. The number of carbonyl (C=O) groups is 2. The first-order chi connectivity index (χ1) is 18.1. The van der Waals surface area contributed by atoms with Gasteiger partial charge in [0.15, 0.2) is 0 Å². The fourth-order valence-electron chi connectivity index (χ4n) is 4.80. The van der Waals surface area contributed by atoms with Crippen molar-refractivity contribution in [2.75, 3.05) is 13.1 Å². The zero-order chi connectivity index (χ0) is 27.4. The Labute approximate surface area is 232 Å². The van der Waals surface area contributed by atoms with Crippen LogP contribution in [0.5, 0.6) is 0 Å². The molecule has 38 heavy (non-hydrogen) atoms. The van der Waals surface area contributed by atoms with Gasteiger partial charge in [-0.2, -0.15) is 0 Å². The molecule has 10 heteroatoms. The normalized spacial score (nSPS) is 16.6. The molecule has 0 aromatic heterocycles. The maximum absolute atomic E-state index is 14.0. The van der Waals surface area contributed by atoms with Crippen LogP contribution in [-0.4, -0.2) is 48.8 Å². The molecule has 2 unspecified atom stereocenters. The first kappa shape index (κ1) is 28.1. The van der Waals surface area contributed by atoms with Crippen molar-refractivity contribution in [1.82, 2.24) is 9.62 Å². The second-order valence-corrected chi connectivity index (χ2v) is 11.9. The van der Waals surface area contributed by atoms with Gasteiger partial charge in [-0.15, -0.1) is 0 Å². The van der Waals surface area contributed by atoms with E-state index in [0.29, 0.717) is 29.3 Å². The number of aliphatic carboxylic acids is 1. The number of halogens is 2. The van der Waals surface area contributed by atoms with E-state index in [-0.39, 0.29) is 23.0 Å². The molecule has 4 rings (SSSR count). The molecular formula is C28H28Cl2N2O5S. The molecule has 0 radical (unpaired) electrons. The van der Waals surface area contributed by atoms with Crippen molar-refractivity contribution in [3.8, 4) is 11.1 Å². The van der Waals surface area contributed by atoms with Crippen LogP contribution in [0.4, 0.5) is 0 Å². The monoisotopic (exact) mass is 574 g/mol. The fourth-order valence-corrected chi connectivity index (χ4v) is 7.49. The van der Waals surface area contributed by atoms with Crippen molar-refractivity contribution in [3.63, 3.8) is 0 Å². The van der Waals surface area contributed by atoms with Crippen molar-refractivity contribution in [2.24, 2.45) is 5.92 Å². The number of sulfonamides is 1. The smallest absolute Gasteiger partial charge is 0.328 e. The van der Waals surface area contributed by atoms with Crippen molar-refractivity contribution >= 4 is 45.1 Å². The van der Waals surface area contributed by atoms with E-state index in [1.165, 1.54) is 18.2 Å². The third-order valence-electron chi connectivity index (χ3n) is 6.67. The third kappa shape index (κ3) is 5.89. The number of benzene rings is 3. The van der Waals surface area contributed by atoms with Crippen LogP contribution in [0.1, 0.15) is 24.0 Å².